The summed E-state index contributed by atoms with van der Waals surface area (Å²) in [7, 11) is 0. The molecule has 4 nitrogen and oxygen atoms in total. The van der Waals surface area contributed by atoms with Crippen LogP contribution < -0.4 is 10.6 Å². The molecule has 1 fully saturated rings. The lowest BCUT2D eigenvalue weighted by Crippen LogP contribution is -2.30. The van der Waals surface area contributed by atoms with Gasteiger partial charge in [-0.25, -0.2) is 4.98 Å². The van der Waals surface area contributed by atoms with E-state index in [0.717, 1.165) is 31.5 Å². The number of anilines is 2. The normalized spacial score (nSPS) is 17.6. The molecule has 0 saturated carbocycles. The number of hydrogen-bond acceptors (Lipinski definition) is 3. The summed E-state index contributed by atoms with van der Waals surface area (Å²) in [5.74, 6) is 0.681. The molecule has 0 bridgehead atoms. The zero-order valence-electron chi connectivity index (χ0n) is 8.65. The molecule has 0 radical (unpaired) electrons. The highest BCUT2D eigenvalue weighted by molar-refractivity contribution is 5.93. The van der Waals surface area contributed by atoms with Crippen LogP contribution in [0.3, 0.4) is 0 Å². The van der Waals surface area contributed by atoms with Gasteiger partial charge in [0, 0.05) is 13.0 Å². The highest BCUT2D eigenvalue weighted by Crippen LogP contribution is 2.19. The van der Waals surface area contributed by atoms with Crippen LogP contribution in [-0.4, -0.2) is 17.4 Å². The van der Waals surface area contributed by atoms with E-state index in [4.69, 9.17) is 5.73 Å². The minimum atomic E-state index is 0.194. The molecule has 0 unspecified atom stereocenters. The number of hydrogen-bond donors (Lipinski definition) is 1. The molecule has 0 atom stereocenters. The summed E-state index contributed by atoms with van der Waals surface area (Å²) in [6.07, 6.45) is 5.50. The molecule has 2 N–H and O–H groups in total. The number of amides is 1. The van der Waals surface area contributed by atoms with Gasteiger partial charge in [0.1, 0.15) is 5.82 Å². The van der Waals surface area contributed by atoms with Crippen LogP contribution in [0.25, 0.3) is 0 Å². The first-order chi connectivity index (χ1) is 7.27. The highest BCUT2D eigenvalue weighted by Gasteiger charge is 2.17. The first-order valence-corrected chi connectivity index (χ1v) is 5.29. The van der Waals surface area contributed by atoms with Gasteiger partial charge in [-0.2, -0.15) is 0 Å². The first-order valence-electron chi connectivity index (χ1n) is 5.29. The predicted octanol–water partition coefficient (Wildman–Crippen LogP) is 1.57. The fourth-order valence-corrected chi connectivity index (χ4v) is 1.81. The van der Waals surface area contributed by atoms with Crippen LogP contribution in [-0.2, 0) is 4.79 Å². The third kappa shape index (κ3) is 2.26. The smallest absolute Gasteiger partial charge is 0.227 e. The van der Waals surface area contributed by atoms with Gasteiger partial charge in [-0.3, -0.25) is 4.79 Å². The predicted molar refractivity (Wildman–Crippen MR) is 59.5 cm³/mol. The maximum Gasteiger partial charge on any atom is 0.227 e. The van der Waals surface area contributed by atoms with Crippen LogP contribution in [0.2, 0.25) is 0 Å². The molecule has 0 aromatic carbocycles. The SMILES string of the molecule is Nc1ccc(N2CCCCCC2=O)cn1. The summed E-state index contributed by atoms with van der Waals surface area (Å²) < 4.78 is 0. The number of carbonyl (C=O) groups is 1. The Balaban J connectivity index is 2.20. The highest BCUT2D eigenvalue weighted by atomic mass is 16.2. The lowest BCUT2D eigenvalue weighted by Gasteiger charge is -2.19. The summed E-state index contributed by atoms with van der Waals surface area (Å²) in [6.45, 7) is 0.796. The Morgan fingerprint density at radius 1 is 1.27 bits per heavy atom. The van der Waals surface area contributed by atoms with Crippen molar-refractivity contribution in [1.29, 1.82) is 0 Å². The Morgan fingerprint density at radius 2 is 2.13 bits per heavy atom. The fraction of sp³-hybridized carbons (Fsp3) is 0.455. The van der Waals surface area contributed by atoms with Gasteiger partial charge in [-0.15, -0.1) is 0 Å². The zero-order chi connectivity index (χ0) is 10.7. The van der Waals surface area contributed by atoms with Crippen molar-refractivity contribution >= 4 is 17.4 Å². The Bertz CT molecular complexity index is 347. The second-order valence-corrected chi connectivity index (χ2v) is 3.80. The number of aromatic nitrogens is 1. The minimum Gasteiger partial charge on any atom is -0.384 e. The van der Waals surface area contributed by atoms with Gasteiger partial charge in [-0.1, -0.05) is 6.42 Å². The first kappa shape index (κ1) is 9.96. The van der Waals surface area contributed by atoms with Crippen molar-refractivity contribution in [3.63, 3.8) is 0 Å². The van der Waals surface area contributed by atoms with E-state index in [2.05, 4.69) is 4.98 Å². The molecule has 80 valence electrons. The summed E-state index contributed by atoms with van der Waals surface area (Å²) in [4.78, 5) is 17.6. The lowest BCUT2D eigenvalue weighted by atomic mass is 10.2. The number of rotatable bonds is 1. The Kier molecular flexibility index (Phi) is 2.85. The molecule has 4 heteroatoms. The number of nitrogens with zero attached hydrogens (tertiary/aromatic N) is 2. The van der Waals surface area contributed by atoms with Crippen LogP contribution in [0.1, 0.15) is 25.7 Å². The van der Waals surface area contributed by atoms with Crippen molar-refractivity contribution in [3.05, 3.63) is 18.3 Å². The molecule has 1 amide bonds. The second kappa shape index (κ2) is 4.29. The van der Waals surface area contributed by atoms with Crippen LogP contribution in [0, 0.1) is 0 Å². The Hall–Kier alpha value is -1.58. The van der Waals surface area contributed by atoms with Gasteiger partial charge in [0.25, 0.3) is 0 Å². The zero-order valence-corrected chi connectivity index (χ0v) is 8.65. The summed E-state index contributed by atoms with van der Waals surface area (Å²) >= 11 is 0. The van der Waals surface area contributed by atoms with Crippen LogP contribution in [0.15, 0.2) is 18.3 Å². The number of nitrogens with two attached hydrogens (primary N) is 1. The van der Waals surface area contributed by atoms with Crippen molar-refractivity contribution in [2.75, 3.05) is 17.2 Å². The van der Waals surface area contributed by atoms with E-state index in [9.17, 15) is 4.79 Å². The molecule has 1 aliphatic rings. The largest absolute Gasteiger partial charge is 0.384 e. The topological polar surface area (TPSA) is 59.2 Å². The van der Waals surface area contributed by atoms with E-state index < -0.39 is 0 Å². The quantitative estimate of drug-likeness (QED) is 0.757. The summed E-state index contributed by atoms with van der Waals surface area (Å²) in [5, 5.41) is 0. The summed E-state index contributed by atoms with van der Waals surface area (Å²) in [6, 6.07) is 3.58. The molecule has 1 saturated heterocycles. The lowest BCUT2D eigenvalue weighted by molar-refractivity contribution is -0.118. The van der Waals surface area contributed by atoms with Crippen LogP contribution in [0.4, 0.5) is 11.5 Å². The Morgan fingerprint density at radius 3 is 2.87 bits per heavy atom. The molecule has 1 aliphatic heterocycles. The van der Waals surface area contributed by atoms with Gasteiger partial charge < -0.3 is 10.6 Å². The van der Waals surface area contributed by atoms with Gasteiger partial charge in [0.15, 0.2) is 0 Å². The van der Waals surface area contributed by atoms with Gasteiger partial charge in [0.2, 0.25) is 5.91 Å². The average molecular weight is 205 g/mol. The third-order valence-electron chi connectivity index (χ3n) is 2.66. The number of pyridine rings is 1. The van der Waals surface area contributed by atoms with Crippen molar-refractivity contribution in [3.8, 4) is 0 Å². The maximum atomic E-state index is 11.8. The van der Waals surface area contributed by atoms with Gasteiger partial charge in [-0.05, 0) is 25.0 Å². The van der Waals surface area contributed by atoms with E-state index in [0.29, 0.717) is 12.2 Å². The molecule has 15 heavy (non-hydrogen) atoms. The Labute approximate surface area is 89.1 Å². The molecular weight excluding hydrogens is 190 g/mol. The van der Waals surface area contributed by atoms with E-state index >= 15 is 0 Å². The average Bonchev–Trinajstić information content (AvgIpc) is 2.44. The van der Waals surface area contributed by atoms with Crippen LogP contribution >= 0.6 is 0 Å². The molecule has 0 spiro atoms. The molecular formula is C11H15N3O. The standard InChI is InChI=1S/C11H15N3O/c12-10-6-5-9(8-13-10)14-7-3-1-2-4-11(14)15/h5-6,8H,1-4,7H2,(H2,12,13). The maximum absolute atomic E-state index is 11.8. The van der Waals surface area contributed by atoms with Crippen molar-refractivity contribution in [2.45, 2.75) is 25.7 Å². The monoisotopic (exact) mass is 205 g/mol. The van der Waals surface area contributed by atoms with E-state index in [1.165, 1.54) is 0 Å². The van der Waals surface area contributed by atoms with Gasteiger partial charge in [0.05, 0.1) is 11.9 Å². The third-order valence-corrected chi connectivity index (χ3v) is 2.66. The minimum absolute atomic E-state index is 0.194. The second-order valence-electron chi connectivity index (χ2n) is 3.80. The van der Waals surface area contributed by atoms with Gasteiger partial charge >= 0.3 is 0 Å². The molecule has 2 rings (SSSR count). The van der Waals surface area contributed by atoms with Crippen molar-refractivity contribution < 1.29 is 4.79 Å². The molecule has 1 aromatic heterocycles. The molecule has 2 heterocycles. The van der Waals surface area contributed by atoms with E-state index in [1.807, 2.05) is 6.07 Å². The fourth-order valence-electron chi connectivity index (χ4n) is 1.81. The molecule has 0 aliphatic carbocycles. The summed E-state index contributed by atoms with van der Waals surface area (Å²) in [5.41, 5.74) is 6.36. The van der Waals surface area contributed by atoms with E-state index in [1.54, 1.807) is 17.2 Å². The van der Waals surface area contributed by atoms with E-state index in [-0.39, 0.29) is 5.91 Å². The van der Waals surface area contributed by atoms with Crippen molar-refractivity contribution in [1.82, 2.24) is 4.98 Å². The van der Waals surface area contributed by atoms with Crippen molar-refractivity contribution in [2.24, 2.45) is 0 Å². The number of carbonyl (C=O) groups excluding carboxylic acids is 1. The molecule has 1 aromatic rings. The van der Waals surface area contributed by atoms with Crippen LogP contribution in [0.5, 0.6) is 0 Å². The number of nitrogen functional groups attached to an aromatic ring is 1.